The number of hydrogen-bond acceptors (Lipinski definition) is 5. The van der Waals surface area contributed by atoms with Gasteiger partial charge >= 0.3 is 0 Å². The molecule has 0 radical (unpaired) electrons. The van der Waals surface area contributed by atoms with E-state index in [9.17, 15) is 8.42 Å². The summed E-state index contributed by atoms with van der Waals surface area (Å²) in [6.07, 6.45) is 1.53. The number of hydrogen-bond donors (Lipinski definition) is 2. The molecule has 0 aliphatic rings. The molecule has 0 saturated heterocycles. The van der Waals surface area contributed by atoms with Crippen LogP contribution in [-0.2, 0) is 10.0 Å². The summed E-state index contributed by atoms with van der Waals surface area (Å²) in [6.45, 7) is 1.83. The lowest BCUT2D eigenvalue weighted by Crippen LogP contribution is -2.14. The predicted molar refractivity (Wildman–Crippen MR) is 101 cm³/mol. The highest BCUT2D eigenvalue weighted by atomic mass is 32.2. The molecule has 0 bridgehead atoms. The van der Waals surface area contributed by atoms with Gasteiger partial charge < -0.3 is 5.32 Å². The van der Waals surface area contributed by atoms with E-state index in [1.807, 2.05) is 13.0 Å². The lowest BCUT2D eigenvalue weighted by Gasteiger charge is -2.10. The number of nitriles is 1. The maximum atomic E-state index is 12.4. The number of aryl methyl sites for hydroxylation is 1. The minimum atomic E-state index is -3.68. The van der Waals surface area contributed by atoms with Gasteiger partial charge in [-0.3, -0.25) is 4.72 Å². The van der Waals surface area contributed by atoms with Crippen LogP contribution in [0.4, 0.5) is 17.2 Å². The van der Waals surface area contributed by atoms with Crippen LogP contribution < -0.4 is 10.0 Å². The number of nitrogens with one attached hydrogen (secondary N) is 2. The minimum Gasteiger partial charge on any atom is -0.354 e. The number of sulfonamides is 1. The second kappa shape index (κ2) is 7.25. The molecule has 3 aromatic rings. The molecule has 6 nitrogen and oxygen atoms in total. The molecule has 130 valence electrons. The predicted octanol–water partition coefficient (Wildman–Crippen LogP) is 3.81. The van der Waals surface area contributed by atoms with Gasteiger partial charge in [-0.25, -0.2) is 13.4 Å². The molecule has 0 atom stereocenters. The van der Waals surface area contributed by atoms with Crippen LogP contribution in [0, 0.1) is 18.3 Å². The summed E-state index contributed by atoms with van der Waals surface area (Å²) in [5.74, 6) is 0.233. The van der Waals surface area contributed by atoms with Gasteiger partial charge in [-0.2, -0.15) is 5.26 Å². The first-order chi connectivity index (χ1) is 12.5. The van der Waals surface area contributed by atoms with E-state index in [4.69, 9.17) is 5.26 Å². The number of nitrogens with zero attached hydrogens (tertiary/aromatic N) is 2. The molecule has 26 heavy (non-hydrogen) atoms. The number of benzene rings is 2. The second-order valence-corrected chi connectivity index (χ2v) is 7.35. The standard InChI is InChI=1S/C19H16N4O2S/c1-14-3-2-4-18(11-14)26(24,25)23-19-10-9-17(13-21-19)22-16-7-5-15(12-20)6-8-16/h2-11,13,22H,1H3,(H,21,23). The Kier molecular flexibility index (Phi) is 4.87. The monoisotopic (exact) mass is 364 g/mol. The van der Waals surface area contributed by atoms with Crippen molar-refractivity contribution in [3.8, 4) is 6.07 Å². The van der Waals surface area contributed by atoms with E-state index in [0.29, 0.717) is 11.3 Å². The van der Waals surface area contributed by atoms with E-state index in [1.165, 1.54) is 12.3 Å². The quantitative estimate of drug-likeness (QED) is 0.718. The molecule has 0 unspecified atom stereocenters. The van der Waals surface area contributed by atoms with Gasteiger partial charge in [0.25, 0.3) is 10.0 Å². The summed E-state index contributed by atoms with van der Waals surface area (Å²) < 4.78 is 27.3. The van der Waals surface area contributed by atoms with Crippen molar-refractivity contribution in [3.63, 3.8) is 0 Å². The van der Waals surface area contributed by atoms with Crippen LogP contribution in [0.5, 0.6) is 0 Å². The maximum absolute atomic E-state index is 12.4. The largest absolute Gasteiger partial charge is 0.354 e. The molecule has 3 rings (SSSR count). The van der Waals surface area contributed by atoms with E-state index in [0.717, 1.165) is 11.3 Å². The van der Waals surface area contributed by atoms with Gasteiger partial charge in [0, 0.05) is 5.69 Å². The maximum Gasteiger partial charge on any atom is 0.263 e. The summed E-state index contributed by atoms with van der Waals surface area (Å²) in [5.41, 5.74) is 2.95. The van der Waals surface area contributed by atoms with Crippen LogP contribution in [0.3, 0.4) is 0 Å². The van der Waals surface area contributed by atoms with Crippen LogP contribution in [0.25, 0.3) is 0 Å². The van der Waals surface area contributed by atoms with Crippen LogP contribution in [0.2, 0.25) is 0 Å². The van der Waals surface area contributed by atoms with Crippen molar-refractivity contribution in [2.45, 2.75) is 11.8 Å². The molecule has 1 heterocycles. The molecule has 0 spiro atoms. The van der Waals surface area contributed by atoms with Crippen molar-refractivity contribution >= 4 is 27.2 Å². The number of rotatable bonds is 5. The lowest BCUT2D eigenvalue weighted by molar-refractivity contribution is 0.601. The van der Waals surface area contributed by atoms with E-state index >= 15 is 0 Å². The third-order valence-electron chi connectivity index (χ3n) is 3.60. The first-order valence-corrected chi connectivity index (χ1v) is 9.27. The van der Waals surface area contributed by atoms with Crippen molar-refractivity contribution in [3.05, 3.63) is 78.0 Å². The molecule has 1 aromatic heterocycles. The summed E-state index contributed by atoms with van der Waals surface area (Å²) in [7, 11) is -3.68. The molecule has 0 aliphatic heterocycles. The number of pyridine rings is 1. The van der Waals surface area contributed by atoms with Crippen molar-refractivity contribution in [2.24, 2.45) is 0 Å². The second-order valence-electron chi connectivity index (χ2n) is 5.67. The van der Waals surface area contributed by atoms with Crippen LogP contribution in [-0.4, -0.2) is 13.4 Å². The Hall–Kier alpha value is -3.37. The first kappa shape index (κ1) is 17.5. The fourth-order valence-electron chi connectivity index (χ4n) is 2.30. The Labute approximate surface area is 152 Å². The zero-order chi connectivity index (χ0) is 18.6. The third kappa shape index (κ3) is 4.18. The van der Waals surface area contributed by atoms with E-state index in [-0.39, 0.29) is 10.7 Å². The fraction of sp³-hybridized carbons (Fsp3) is 0.0526. The van der Waals surface area contributed by atoms with Crippen LogP contribution in [0.15, 0.2) is 71.8 Å². The molecular weight excluding hydrogens is 348 g/mol. The van der Waals surface area contributed by atoms with Crippen molar-refractivity contribution < 1.29 is 8.42 Å². The Morgan fingerprint density at radius 3 is 2.35 bits per heavy atom. The summed E-state index contributed by atoms with van der Waals surface area (Å²) in [5, 5.41) is 11.9. The third-order valence-corrected chi connectivity index (χ3v) is 4.96. The summed E-state index contributed by atoms with van der Waals surface area (Å²) in [4.78, 5) is 4.33. The van der Waals surface area contributed by atoms with E-state index in [1.54, 1.807) is 48.5 Å². The first-order valence-electron chi connectivity index (χ1n) is 7.79. The van der Waals surface area contributed by atoms with Gasteiger partial charge in [0.05, 0.1) is 28.4 Å². The Morgan fingerprint density at radius 1 is 1.00 bits per heavy atom. The van der Waals surface area contributed by atoms with Gasteiger partial charge in [-0.15, -0.1) is 0 Å². The molecule has 2 aromatic carbocycles. The zero-order valence-electron chi connectivity index (χ0n) is 14.0. The average Bonchev–Trinajstić information content (AvgIpc) is 2.64. The normalized spacial score (nSPS) is 10.8. The average molecular weight is 364 g/mol. The Bertz CT molecular complexity index is 1050. The minimum absolute atomic E-state index is 0.194. The number of anilines is 3. The summed E-state index contributed by atoms with van der Waals surface area (Å²) >= 11 is 0. The molecule has 0 amide bonds. The number of aromatic nitrogens is 1. The zero-order valence-corrected chi connectivity index (χ0v) is 14.8. The van der Waals surface area contributed by atoms with Crippen molar-refractivity contribution in [1.29, 1.82) is 5.26 Å². The Balaban J connectivity index is 1.72. The Morgan fingerprint density at radius 2 is 1.73 bits per heavy atom. The van der Waals surface area contributed by atoms with Crippen LogP contribution in [0.1, 0.15) is 11.1 Å². The van der Waals surface area contributed by atoms with E-state index < -0.39 is 10.0 Å². The lowest BCUT2D eigenvalue weighted by atomic mass is 10.2. The SMILES string of the molecule is Cc1cccc(S(=O)(=O)Nc2ccc(Nc3ccc(C#N)cc3)cn2)c1. The summed E-state index contributed by atoms with van der Waals surface area (Å²) in [6, 6.07) is 19.0. The van der Waals surface area contributed by atoms with Crippen molar-refractivity contribution in [2.75, 3.05) is 10.0 Å². The highest BCUT2D eigenvalue weighted by molar-refractivity contribution is 7.92. The van der Waals surface area contributed by atoms with E-state index in [2.05, 4.69) is 21.1 Å². The molecule has 2 N–H and O–H groups in total. The highest BCUT2D eigenvalue weighted by Gasteiger charge is 2.14. The van der Waals surface area contributed by atoms with Gasteiger partial charge in [0.1, 0.15) is 5.82 Å². The molecule has 0 fully saturated rings. The molecular formula is C19H16N4O2S. The fourth-order valence-corrected chi connectivity index (χ4v) is 3.41. The molecule has 0 aliphatic carbocycles. The highest BCUT2D eigenvalue weighted by Crippen LogP contribution is 2.19. The molecule has 0 saturated carbocycles. The van der Waals surface area contributed by atoms with Crippen molar-refractivity contribution in [1.82, 2.24) is 4.98 Å². The smallest absolute Gasteiger partial charge is 0.263 e. The molecule has 7 heteroatoms. The topological polar surface area (TPSA) is 94.9 Å². The van der Waals surface area contributed by atoms with Gasteiger partial charge in [-0.05, 0) is 61.0 Å². The van der Waals surface area contributed by atoms with Gasteiger partial charge in [-0.1, -0.05) is 12.1 Å². The van der Waals surface area contributed by atoms with Crippen LogP contribution >= 0.6 is 0 Å². The van der Waals surface area contributed by atoms with Gasteiger partial charge in [0.2, 0.25) is 0 Å². The van der Waals surface area contributed by atoms with Gasteiger partial charge in [0.15, 0.2) is 0 Å².